The largest absolute Gasteiger partial charge is 0.274 e. The van der Waals surface area contributed by atoms with E-state index in [9.17, 15) is 4.79 Å². The monoisotopic (exact) mass is 412 g/mol. The van der Waals surface area contributed by atoms with Crippen LogP contribution in [0.15, 0.2) is 52.4 Å². The third-order valence-electron chi connectivity index (χ3n) is 3.89. The van der Waals surface area contributed by atoms with Gasteiger partial charge < -0.3 is 0 Å². The zero-order valence-corrected chi connectivity index (χ0v) is 17.2. The minimum absolute atomic E-state index is 0.0510. The fourth-order valence-corrected chi connectivity index (χ4v) is 5.35. The Morgan fingerprint density at radius 3 is 2.93 bits per heavy atom. The lowest BCUT2D eigenvalue weighted by atomic mass is 10.2. The quantitative estimate of drug-likeness (QED) is 0.323. The molecule has 0 radical (unpaired) electrons. The van der Waals surface area contributed by atoms with Crippen molar-refractivity contribution >= 4 is 61.4 Å². The van der Waals surface area contributed by atoms with Crippen LogP contribution in [-0.4, -0.2) is 20.9 Å². The molecule has 0 bridgehead atoms. The molecule has 5 nitrogen and oxygen atoms in total. The highest BCUT2D eigenvalue weighted by Crippen LogP contribution is 2.33. The Bertz CT molecular complexity index is 1100. The molecule has 0 spiro atoms. The summed E-state index contributed by atoms with van der Waals surface area (Å²) in [7, 11) is 0. The zero-order valence-electron chi connectivity index (χ0n) is 14.7. The van der Waals surface area contributed by atoms with E-state index in [1.807, 2.05) is 48.0 Å². The van der Waals surface area contributed by atoms with E-state index in [0.717, 1.165) is 32.2 Å². The lowest BCUT2D eigenvalue weighted by Gasteiger charge is -2.18. The Morgan fingerprint density at radius 2 is 2.11 bits per heavy atom. The number of carbonyl (C=O) groups is 1. The number of aromatic nitrogens is 3. The van der Waals surface area contributed by atoms with Gasteiger partial charge in [0.05, 0.1) is 11.4 Å². The van der Waals surface area contributed by atoms with Crippen molar-refractivity contribution in [2.75, 3.05) is 4.90 Å². The summed E-state index contributed by atoms with van der Waals surface area (Å²) in [4.78, 5) is 28.2. The number of nitrogens with zero attached hydrogens (tertiary/aromatic N) is 4. The van der Waals surface area contributed by atoms with Gasteiger partial charge in [-0.3, -0.25) is 9.69 Å². The molecule has 0 aliphatic carbocycles. The molecule has 1 amide bonds. The molecule has 1 aromatic carbocycles. The van der Waals surface area contributed by atoms with E-state index in [4.69, 9.17) is 0 Å². The smallest absolute Gasteiger partial charge is 0.230 e. The number of thiazole rings is 1. The van der Waals surface area contributed by atoms with Gasteiger partial charge in [-0.15, -0.1) is 22.7 Å². The molecule has 0 aliphatic rings. The summed E-state index contributed by atoms with van der Waals surface area (Å²) >= 11 is 4.72. The zero-order chi connectivity index (χ0) is 18.8. The Hall–Kier alpha value is -2.29. The molecular formula is C19H16N4OS3. The predicted octanol–water partition coefficient (Wildman–Crippen LogP) is 5.43. The van der Waals surface area contributed by atoms with Gasteiger partial charge in [-0.2, -0.15) is 0 Å². The number of fused-ring (bicyclic) bond motifs is 1. The number of thioether (sulfide) groups is 1. The Kier molecular flexibility index (Phi) is 5.20. The van der Waals surface area contributed by atoms with Crippen LogP contribution in [0.1, 0.15) is 18.2 Å². The van der Waals surface area contributed by atoms with Gasteiger partial charge in [0, 0.05) is 23.4 Å². The topological polar surface area (TPSA) is 59.0 Å². The number of carbonyl (C=O) groups excluding carboxylic acids is 1. The molecule has 8 heteroatoms. The van der Waals surface area contributed by atoms with Gasteiger partial charge in [0.2, 0.25) is 5.91 Å². The molecule has 3 heterocycles. The number of rotatable bonds is 5. The second kappa shape index (κ2) is 7.75. The van der Waals surface area contributed by atoms with Gasteiger partial charge in [-0.1, -0.05) is 23.9 Å². The molecule has 0 N–H and O–H groups in total. The van der Waals surface area contributed by atoms with Crippen LogP contribution in [0.25, 0.3) is 10.2 Å². The molecule has 3 aromatic heterocycles. The van der Waals surface area contributed by atoms with E-state index in [-0.39, 0.29) is 5.91 Å². The van der Waals surface area contributed by atoms with Crippen molar-refractivity contribution in [1.29, 1.82) is 0 Å². The molecule has 0 aliphatic heterocycles. The molecule has 27 heavy (non-hydrogen) atoms. The van der Waals surface area contributed by atoms with E-state index in [0.29, 0.717) is 10.9 Å². The van der Waals surface area contributed by atoms with Crippen molar-refractivity contribution in [3.8, 4) is 0 Å². The molecule has 136 valence electrons. The fourth-order valence-electron chi connectivity index (χ4n) is 2.68. The van der Waals surface area contributed by atoms with Crippen LogP contribution < -0.4 is 4.90 Å². The van der Waals surface area contributed by atoms with Crippen molar-refractivity contribution in [2.45, 2.75) is 24.6 Å². The first-order valence-corrected chi connectivity index (χ1v) is 11.0. The van der Waals surface area contributed by atoms with Gasteiger partial charge in [-0.05, 0) is 36.1 Å². The first kappa shape index (κ1) is 18.1. The first-order valence-electron chi connectivity index (χ1n) is 8.24. The van der Waals surface area contributed by atoms with Crippen LogP contribution in [0.3, 0.4) is 0 Å². The van der Waals surface area contributed by atoms with Gasteiger partial charge in [0.15, 0.2) is 5.13 Å². The molecule has 0 saturated carbocycles. The van der Waals surface area contributed by atoms with E-state index in [2.05, 4.69) is 15.0 Å². The molecule has 0 atom stereocenters. The Labute approximate surface area is 169 Å². The highest BCUT2D eigenvalue weighted by Gasteiger charge is 2.18. The second-order valence-corrected chi connectivity index (χ2v) is 8.62. The Morgan fingerprint density at radius 1 is 1.22 bits per heavy atom. The van der Waals surface area contributed by atoms with Gasteiger partial charge in [0.1, 0.15) is 16.2 Å². The summed E-state index contributed by atoms with van der Waals surface area (Å²) in [6.45, 7) is 3.57. The van der Waals surface area contributed by atoms with Crippen molar-refractivity contribution in [2.24, 2.45) is 0 Å². The van der Waals surface area contributed by atoms with Gasteiger partial charge in [0.25, 0.3) is 0 Å². The summed E-state index contributed by atoms with van der Waals surface area (Å²) in [5, 5.41) is 6.75. The maximum atomic E-state index is 12.2. The van der Waals surface area contributed by atoms with Crippen LogP contribution in [0, 0.1) is 6.92 Å². The van der Waals surface area contributed by atoms with Crippen LogP contribution in [0.4, 0.5) is 10.8 Å². The second-order valence-electron chi connectivity index (χ2n) is 5.92. The van der Waals surface area contributed by atoms with Crippen molar-refractivity contribution in [1.82, 2.24) is 15.0 Å². The third-order valence-corrected chi connectivity index (χ3v) is 6.62. The van der Waals surface area contributed by atoms with E-state index in [1.54, 1.807) is 41.2 Å². The summed E-state index contributed by atoms with van der Waals surface area (Å²) < 4.78 is 0. The van der Waals surface area contributed by atoms with E-state index in [1.165, 1.54) is 11.3 Å². The highest BCUT2D eigenvalue weighted by molar-refractivity contribution is 7.98. The number of hydrogen-bond acceptors (Lipinski definition) is 7. The maximum Gasteiger partial charge on any atom is 0.230 e. The molecule has 0 unspecified atom stereocenters. The third kappa shape index (κ3) is 3.87. The SMILES string of the molecule is CC(=O)N(c1cccc(C)c1)c1nc(CSc2ncnc3sccc23)cs1. The van der Waals surface area contributed by atoms with Crippen LogP contribution in [0.5, 0.6) is 0 Å². The molecule has 4 aromatic rings. The van der Waals surface area contributed by atoms with Crippen LogP contribution in [-0.2, 0) is 10.5 Å². The number of anilines is 2. The van der Waals surface area contributed by atoms with E-state index < -0.39 is 0 Å². The van der Waals surface area contributed by atoms with Gasteiger partial charge >= 0.3 is 0 Å². The maximum absolute atomic E-state index is 12.2. The summed E-state index contributed by atoms with van der Waals surface area (Å²) in [6.07, 6.45) is 1.60. The fraction of sp³-hybridized carbons (Fsp3) is 0.158. The number of thiophene rings is 1. The average molecular weight is 413 g/mol. The predicted molar refractivity (Wildman–Crippen MR) is 113 cm³/mol. The Balaban J connectivity index is 1.55. The highest BCUT2D eigenvalue weighted by atomic mass is 32.2. The minimum atomic E-state index is -0.0510. The standard InChI is InChI=1S/C19H16N4OS3/c1-12-4-3-5-15(8-12)23(13(2)24)19-22-14(10-27-19)9-26-18-16-6-7-25-17(16)20-11-21-18/h3-8,10-11H,9H2,1-2H3. The summed E-state index contributed by atoms with van der Waals surface area (Å²) in [5.74, 6) is 0.641. The van der Waals surface area contributed by atoms with E-state index >= 15 is 0 Å². The van der Waals surface area contributed by atoms with Crippen molar-refractivity contribution in [3.63, 3.8) is 0 Å². The molecule has 0 fully saturated rings. The molecule has 0 saturated heterocycles. The number of hydrogen-bond donors (Lipinski definition) is 0. The van der Waals surface area contributed by atoms with Crippen molar-refractivity contribution < 1.29 is 4.79 Å². The van der Waals surface area contributed by atoms with Crippen LogP contribution in [0.2, 0.25) is 0 Å². The first-order chi connectivity index (χ1) is 13.1. The summed E-state index contributed by atoms with van der Waals surface area (Å²) in [5.41, 5.74) is 2.88. The minimum Gasteiger partial charge on any atom is -0.274 e. The normalized spacial score (nSPS) is 11.0. The number of benzene rings is 1. The number of aryl methyl sites for hydroxylation is 1. The van der Waals surface area contributed by atoms with Crippen LogP contribution >= 0.6 is 34.4 Å². The number of amides is 1. The molecular weight excluding hydrogens is 396 g/mol. The lowest BCUT2D eigenvalue weighted by molar-refractivity contribution is -0.115. The average Bonchev–Trinajstić information content (AvgIpc) is 3.29. The van der Waals surface area contributed by atoms with Crippen molar-refractivity contribution in [3.05, 3.63) is 58.7 Å². The van der Waals surface area contributed by atoms with Gasteiger partial charge in [-0.25, -0.2) is 15.0 Å². The summed E-state index contributed by atoms with van der Waals surface area (Å²) in [6, 6.07) is 9.93. The molecule has 4 rings (SSSR count). The lowest BCUT2D eigenvalue weighted by Crippen LogP contribution is -2.22.